The van der Waals surface area contributed by atoms with Gasteiger partial charge in [0.25, 0.3) is 0 Å². The lowest BCUT2D eigenvalue weighted by Gasteiger charge is -2.21. The van der Waals surface area contributed by atoms with Gasteiger partial charge in [-0.15, -0.1) is 0 Å². The highest BCUT2D eigenvalue weighted by Gasteiger charge is 2.23. The van der Waals surface area contributed by atoms with E-state index in [1.807, 2.05) is 0 Å². The van der Waals surface area contributed by atoms with Crippen LogP contribution in [-0.4, -0.2) is 14.7 Å². The van der Waals surface area contributed by atoms with Crippen molar-refractivity contribution in [2.24, 2.45) is 0 Å². The van der Waals surface area contributed by atoms with Gasteiger partial charge in [-0.2, -0.15) is 5.26 Å². The van der Waals surface area contributed by atoms with E-state index in [4.69, 9.17) is 5.26 Å². The molecule has 3 heteroatoms. The molecule has 2 nitrogen and oxygen atoms in total. The fourth-order valence-corrected chi connectivity index (χ4v) is 3.12. The average Bonchev–Trinajstić information content (AvgIpc) is 2.17. The Morgan fingerprint density at radius 3 is 2.50 bits per heavy atom. The van der Waals surface area contributed by atoms with Gasteiger partial charge in [0, 0.05) is 16.0 Å². The highest BCUT2D eigenvalue weighted by Crippen LogP contribution is 2.23. The summed E-state index contributed by atoms with van der Waals surface area (Å²) in [6, 6.07) is 2.06. The van der Waals surface area contributed by atoms with Crippen LogP contribution in [0.1, 0.15) is 39.0 Å². The minimum atomic E-state index is -0.912. The van der Waals surface area contributed by atoms with Crippen molar-refractivity contribution in [3.63, 3.8) is 0 Å². The van der Waals surface area contributed by atoms with E-state index in [0.717, 1.165) is 12.8 Å². The lowest BCUT2D eigenvalue weighted by atomic mass is 10.0. The third-order valence-electron chi connectivity index (χ3n) is 2.41. The standard InChI is InChI=1S/C9H15NOS/c1-8(7-10)12(11)9-5-3-2-4-6-9/h8-9H,2-6H2,1H3. The Kier molecular flexibility index (Phi) is 3.74. The molecule has 2 unspecified atom stereocenters. The molecule has 12 heavy (non-hydrogen) atoms. The van der Waals surface area contributed by atoms with Crippen LogP contribution in [0.4, 0.5) is 0 Å². The molecule has 1 aliphatic carbocycles. The van der Waals surface area contributed by atoms with Gasteiger partial charge in [0.2, 0.25) is 0 Å². The topological polar surface area (TPSA) is 40.9 Å². The summed E-state index contributed by atoms with van der Waals surface area (Å²) in [6.07, 6.45) is 5.76. The Balaban J connectivity index is 2.46. The quantitative estimate of drug-likeness (QED) is 0.660. The maximum atomic E-state index is 11.6. The molecule has 1 rings (SSSR count). The first-order valence-electron chi connectivity index (χ1n) is 4.54. The molecule has 0 saturated heterocycles. The third kappa shape index (κ3) is 2.31. The molecule has 0 bridgehead atoms. The molecule has 0 aromatic heterocycles. The van der Waals surface area contributed by atoms with Gasteiger partial charge in [0.15, 0.2) is 0 Å². The molecular weight excluding hydrogens is 170 g/mol. The van der Waals surface area contributed by atoms with Crippen LogP contribution in [-0.2, 0) is 10.8 Å². The Morgan fingerprint density at radius 2 is 2.00 bits per heavy atom. The van der Waals surface area contributed by atoms with Gasteiger partial charge in [-0.1, -0.05) is 19.3 Å². The minimum Gasteiger partial charge on any atom is -0.258 e. The number of nitrogens with zero attached hydrogens (tertiary/aromatic N) is 1. The van der Waals surface area contributed by atoms with E-state index in [-0.39, 0.29) is 5.25 Å². The van der Waals surface area contributed by atoms with Crippen LogP contribution in [0.3, 0.4) is 0 Å². The zero-order valence-corrected chi connectivity index (χ0v) is 8.27. The second-order valence-corrected chi connectivity index (χ2v) is 5.39. The van der Waals surface area contributed by atoms with Gasteiger partial charge in [0.1, 0.15) is 5.25 Å². The van der Waals surface area contributed by atoms with Gasteiger partial charge in [-0.05, 0) is 19.8 Å². The van der Waals surface area contributed by atoms with Crippen LogP contribution in [0.5, 0.6) is 0 Å². The third-order valence-corrected chi connectivity index (χ3v) is 4.34. The summed E-state index contributed by atoms with van der Waals surface area (Å²) in [7, 11) is -0.912. The molecule has 68 valence electrons. The predicted molar refractivity (Wildman–Crippen MR) is 50.1 cm³/mol. The molecule has 0 amide bonds. The van der Waals surface area contributed by atoms with Crippen LogP contribution in [0, 0.1) is 11.3 Å². The first-order chi connectivity index (χ1) is 5.75. The van der Waals surface area contributed by atoms with Gasteiger partial charge in [-0.3, -0.25) is 4.21 Å². The summed E-state index contributed by atoms with van der Waals surface area (Å²) < 4.78 is 11.6. The number of rotatable bonds is 2. The molecular formula is C9H15NOS. The van der Waals surface area contributed by atoms with Crippen molar-refractivity contribution >= 4 is 10.8 Å². The molecule has 2 atom stereocenters. The second-order valence-electron chi connectivity index (χ2n) is 3.36. The largest absolute Gasteiger partial charge is 0.258 e. The van der Waals surface area contributed by atoms with Gasteiger partial charge >= 0.3 is 0 Å². The first-order valence-corrected chi connectivity index (χ1v) is 5.82. The van der Waals surface area contributed by atoms with Crippen molar-refractivity contribution in [1.82, 2.24) is 0 Å². The maximum Gasteiger partial charge on any atom is 0.119 e. The van der Waals surface area contributed by atoms with Gasteiger partial charge in [0.05, 0.1) is 6.07 Å². The zero-order valence-electron chi connectivity index (χ0n) is 7.45. The van der Waals surface area contributed by atoms with Crippen LogP contribution in [0.25, 0.3) is 0 Å². The van der Waals surface area contributed by atoms with Gasteiger partial charge in [-0.25, -0.2) is 0 Å². The summed E-state index contributed by atoms with van der Waals surface area (Å²) in [4.78, 5) is 0. The van der Waals surface area contributed by atoms with Crippen LogP contribution >= 0.6 is 0 Å². The minimum absolute atomic E-state index is 0.284. The van der Waals surface area contributed by atoms with E-state index in [1.165, 1.54) is 19.3 Å². The summed E-state index contributed by atoms with van der Waals surface area (Å²) in [5, 5.41) is 8.61. The summed E-state index contributed by atoms with van der Waals surface area (Å²) in [5.41, 5.74) is 0. The van der Waals surface area contributed by atoms with E-state index in [1.54, 1.807) is 6.92 Å². The Morgan fingerprint density at radius 1 is 1.42 bits per heavy atom. The highest BCUT2D eigenvalue weighted by molar-refractivity contribution is 7.86. The SMILES string of the molecule is CC(C#N)S(=O)C1CCCCC1. The first kappa shape index (κ1) is 9.73. The van der Waals surface area contributed by atoms with Crippen LogP contribution < -0.4 is 0 Å². The average molecular weight is 185 g/mol. The monoisotopic (exact) mass is 185 g/mol. The van der Waals surface area contributed by atoms with Crippen molar-refractivity contribution in [2.45, 2.75) is 49.5 Å². The Labute approximate surface area is 76.4 Å². The summed E-state index contributed by atoms with van der Waals surface area (Å²) in [6.45, 7) is 1.75. The predicted octanol–water partition coefficient (Wildman–Crippen LogP) is 1.98. The fraction of sp³-hybridized carbons (Fsp3) is 0.889. The van der Waals surface area contributed by atoms with E-state index < -0.39 is 10.8 Å². The lowest BCUT2D eigenvalue weighted by molar-refractivity contribution is 0.504. The molecule has 0 N–H and O–H groups in total. The Bertz CT molecular complexity index is 203. The lowest BCUT2D eigenvalue weighted by Crippen LogP contribution is -2.25. The molecule has 0 aromatic rings. The molecule has 0 aliphatic heterocycles. The van der Waals surface area contributed by atoms with Crippen LogP contribution in [0.2, 0.25) is 0 Å². The van der Waals surface area contributed by atoms with Gasteiger partial charge < -0.3 is 0 Å². The van der Waals surface area contributed by atoms with E-state index >= 15 is 0 Å². The molecule has 0 radical (unpaired) electrons. The van der Waals surface area contributed by atoms with E-state index in [0.29, 0.717) is 5.25 Å². The normalized spacial score (nSPS) is 24.3. The zero-order chi connectivity index (χ0) is 8.97. The molecule has 1 saturated carbocycles. The maximum absolute atomic E-state index is 11.6. The molecule has 0 aromatic carbocycles. The Hall–Kier alpha value is -0.360. The number of hydrogen-bond donors (Lipinski definition) is 0. The van der Waals surface area contributed by atoms with Crippen molar-refractivity contribution in [1.29, 1.82) is 5.26 Å². The number of hydrogen-bond acceptors (Lipinski definition) is 2. The van der Waals surface area contributed by atoms with Crippen molar-refractivity contribution in [3.05, 3.63) is 0 Å². The number of nitriles is 1. The second kappa shape index (κ2) is 4.61. The molecule has 0 spiro atoms. The summed E-state index contributed by atoms with van der Waals surface area (Å²) in [5.74, 6) is 0. The van der Waals surface area contributed by atoms with Crippen LogP contribution in [0.15, 0.2) is 0 Å². The molecule has 0 heterocycles. The molecule has 1 fully saturated rings. The van der Waals surface area contributed by atoms with Crippen molar-refractivity contribution in [2.75, 3.05) is 0 Å². The van der Waals surface area contributed by atoms with Crippen molar-refractivity contribution in [3.8, 4) is 6.07 Å². The smallest absolute Gasteiger partial charge is 0.119 e. The van der Waals surface area contributed by atoms with E-state index in [2.05, 4.69) is 6.07 Å². The highest BCUT2D eigenvalue weighted by atomic mass is 32.2. The molecule has 1 aliphatic rings. The summed E-state index contributed by atoms with van der Waals surface area (Å²) >= 11 is 0. The fourth-order valence-electron chi connectivity index (χ4n) is 1.64. The van der Waals surface area contributed by atoms with Crippen molar-refractivity contribution < 1.29 is 4.21 Å². The van der Waals surface area contributed by atoms with E-state index in [9.17, 15) is 4.21 Å².